The highest BCUT2D eigenvalue weighted by Crippen LogP contribution is 2.23. The molecule has 1 fully saturated rings. The highest BCUT2D eigenvalue weighted by Gasteiger charge is 2.16. The van der Waals surface area contributed by atoms with Gasteiger partial charge in [0.1, 0.15) is 17.1 Å². The summed E-state index contributed by atoms with van der Waals surface area (Å²) in [7, 11) is 0. The van der Waals surface area contributed by atoms with E-state index in [4.69, 9.17) is 4.42 Å². The molecular weight excluding hydrogens is 382 g/mol. The van der Waals surface area contributed by atoms with Gasteiger partial charge in [-0.1, -0.05) is 6.92 Å². The molecule has 0 spiro atoms. The fourth-order valence-corrected chi connectivity index (χ4v) is 4.31. The second-order valence-corrected chi connectivity index (χ2v) is 8.13. The summed E-state index contributed by atoms with van der Waals surface area (Å²) in [5.41, 5.74) is 2.00. The lowest BCUT2D eigenvalue weighted by Crippen LogP contribution is -2.30. The van der Waals surface area contributed by atoms with Gasteiger partial charge >= 0.3 is 0 Å². The Labute approximate surface area is 175 Å². The molecule has 8 nitrogen and oxygen atoms in total. The highest BCUT2D eigenvalue weighted by atomic mass is 16.3. The lowest BCUT2D eigenvalue weighted by atomic mass is 10.3. The van der Waals surface area contributed by atoms with Gasteiger partial charge in [-0.2, -0.15) is 5.10 Å². The number of furan rings is 1. The number of amides is 1. The first kappa shape index (κ1) is 20.7. The van der Waals surface area contributed by atoms with Gasteiger partial charge in [0.05, 0.1) is 5.52 Å². The van der Waals surface area contributed by atoms with Crippen molar-refractivity contribution in [3.8, 4) is 0 Å². The Morgan fingerprint density at radius 1 is 1.17 bits per heavy atom. The summed E-state index contributed by atoms with van der Waals surface area (Å²) in [5.74, 6) is 1.66. The lowest BCUT2D eigenvalue weighted by molar-refractivity contribution is -0.121. The number of hydrogen-bond acceptors (Lipinski definition) is 5. The van der Waals surface area contributed by atoms with Crippen LogP contribution < -0.4 is 10.9 Å². The monoisotopic (exact) mass is 413 g/mol. The molecular formula is C22H31N5O3. The topological polar surface area (TPSA) is 84.8 Å². The summed E-state index contributed by atoms with van der Waals surface area (Å²) in [6.45, 7) is 8.48. The van der Waals surface area contributed by atoms with Crippen LogP contribution >= 0.6 is 0 Å². The Morgan fingerprint density at radius 3 is 2.73 bits per heavy atom. The Hall–Kier alpha value is -2.61. The van der Waals surface area contributed by atoms with Gasteiger partial charge in [-0.3, -0.25) is 14.0 Å². The summed E-state index contributed by atoms with van der Waals surface area (Å²) < 4.78 is 9.06. The van der Waals surface area contributed by atoms with Crippen LogP contribution in [0, 0.1) is 6.92 Å². The van der Waals surface area contributed by atoms with E-state index in [9.17, 15) is 9.59 Å². The molecule has 3 aromatic heterocycles. The molecule has 4 heterocycles. The first-order valence-electron chi connectivity index (χ1n) is 11.1. The fraction of sp³-hybridized carbons (Fsp3) is 0.591. The molecule has 1 aliphatic heterocycles. The zero-order valence-electron chi connectivity index (χ0n) is 17.9. The van der Waals surface area contributed by atoms with E-state index < -0.39 is 0 Å². The Kier molecular flexibility index (Phi) is 6.22. The Morgan fingerprint density at radius 2 is 1.97 bits per heavy atom. The van der Waals surface area contributed by atoms with Gasteiger partial charge in [-0.15, -0.1) is 0 Å². The van der Waals surface area contributed by atoms with E-state index in [0.29, 0.717) is 43.5 Å². The number of carbonyl (C=O) groups is 1. The van der Waals surface area contributed by atoms with E-state index in [1.807, 2.05) is 24.3 Å². The SMILES string of the molecule is CCc1nn(CCCC(=O)NCCCN2CCCC2)c(=O)c2cc3oc(C)cc3n12. The predicted molar refractivity (Wildman–Crippen MR) is 116 cm³/mol. The van der Waals surface area contributed by atoms with Crippen molar-refractivity contribution in [2.75, 3.05) is 26.2 Å². The van der Waals surface area contributed by atoms with Crippen molar-refractivity contribution in [3.63, 3.8) is 0 Å². The minimum absolute atomic E-state index is 0.0388. The van der Waals surface area contributed by atoms with Crippen LogP contribution in [0.25, 0.3) is 16.6 Å². The van der Waals surface area contributed by atoms with Crippen molar-refractivity contribution in [1.29, 1.82) is 0 Å². The minimum atomic E-state index is -0.151. The van der Waals surface area contributed by atoms with Gasteiger partial charge in [0.15, 0.2) is 5.58 Å². The molecule has 0 bridgehead atoms. The van der Waals surface area contributed by atoms with E-state index in [1.54, 1.807) is 6.07 Å². The minimum Gasteiger partial charge on any atom is -0.460 e. The summed E-state index contributed by atoms with van der Waals surface area (Å²) >= 11 is 0. The van der Waals surface area contributed by atoms with Crippen LogP contribution in [0.3, 0.4) is 0 Å². The zero-order chi connectivity index (χ0) is 21.1. The van der Waals surface area contributed by atoms with Gasteiger partial charge in [0.2, 0.25) is 5.91 Å². The van der Waals surface area contributed by atoms with Crippen molar-refractivity contribution in [1.82, 2.24) is 24.4 Å². The third kappa shape index (κ3) is 4.28. The predicted octanol–water partition coefficient (Wildman–Crippen LogP) is 2.50. The number of likely N-dealkylation sites (tertiary alicyclic amines) is 1. The average Bonchev–Trinajstić information content (AvgIpc) is 3.43. The molecule has 1 aliphatic rings. The van der Waals surface area contributed by atoms with E-state index in [0.717, 1.165) is 30.1 Å². The van der Waals surface area contributed by atoms with Gasteiger partial charge in [0.25, 0.3) is 5.56 Å². The van der Waals surface area contributed by atoms with E-state index in [-0.39, 0.29) is 11.5 Å². The molecule has 0 atom stereocenters. The summed E-state index contributed by atoms with van der Waals surface area (Å²) in [4.78, 5) is 27.5. The summed E-state index contributed by atoms with van der Waals surface area (Å²) in [6, 6.07) is 3.72. The maximum atomic E-state index is 12.9. The van der Waals surface area contributed by atoms with Crippen molar-refractivity contribution in [2.24, 2.45) is 0 Å². The number of fused-ring (bicyclic) bond motifs is 3. The molecule has 30 heavy (non-hydrogen) atoms. The van der Waals surface area contributed by atoms with Crippen molar-refractivity contribution < 1.29 is 9.21 Å². The summed E-state index contributed by atoms with van der Waals surface area (Å²) in [5, 5.41) is 7.54. The quantitative estimate of drug-likeness (QED) is 0.545. The van der Waals surface area contributed by atoms with Gasteiger partial charge < -0.3 is 14.6 Å². The highest BCUT2D eigenvalue weighted by molar-refractivity contribution is 5.83. The van der Waals surface area contributed by atoms with Gasteiger partial charge in [-0.05, 0) is 52.2 Å². The van der Waals surface area contributed by atoms with Crippen LogP contribution in [0.2, 0.25) is 0 Å². The molecule has 1 amide bonds. The molecule has 0 aromatic carbocycles. The molecule has 8 heteroatoms. The molecule has 3 aromatic rings. The molecule has 162 valence electrons. The van der Waals surface area contributed by atoms with Crippen LogP contribution in [0.15, 0.2) is 21.3 Å². The largest absolute Gasteiger partial charge is 0.460 e. The van der Waals surface area contributed by atoms with Gasteiger partial charge in [0, 0.05) is 38.1 Å². The van der Waals surface area contributed by atoms with Gasteiger partial charge in [-0.25, -0.2) is 4.68 Å². The molecule has 0 unspecified atom stereocenters. The van der Waals surface area contributed by atoms with E-state index >= 15 is 0 Å². The number of carbonyl (C=O) groups excluding carboxylic acids is 1. The number of hydrogen-bond donors (Lipinski definition) is 1. The van der Waals surface area contributed by atoms with Crippen LogP contribution in [-0.2, 0) is 17.8 Å². The normalized spacial score (nSPS) is 14.9. The number of nitrogens with zero attached hydrogens (tertiary/aromatic N) is 4. The second kappa shape index (κ2) is 9.04. The molecule has 1 N–H and O–H groups in total. The molecule has 1 saturated heterocycles. The number of rotatable bonds is 9. The standard InChI is InChI=1S/C22H31N5O3/c1-3-20-24-26(22(29)18-15-19-17(27(18)20)14-16(2)30-19)13-6-8-21(28)23-9-7-12-25-10-4-5-11-25/h14-15H,3-13H2,1-2H3,(H,23,28). The maximum absolute atomic E-state index is 12.9. The second-order valence-electron chi connectivity index (χ2n) is 8.13. The van der Waals surface area contributed by atoms with Crippen LogP contribution in [0.5, 0.6) is 0 Å². The molecule has 0 radical (unpaired) electrons. The first-order valence-corrected chi connectivity index (χ1v) is 11.1. The number of aromatic nitrogens is 3. The first-order chi connectivity index (χ1) is 14.6. The smallest absolute Gasteiger partial charge is 0.291 e. The van der Waals surface area contributed by atoms with Crippen LogP contribution in [-0.4, -0.2) is 51.2 Å². The van der Waals surface area contributed by atoms with E-state index in [2.05, 4.69) is 15.3 Å². The van der Waals surface area contributed by atoms with Crippen molar-refractivity contribution in [2.45, 2.75) is 58.9 Å². The lowest BCUT2D eigenvalue weighted by Gasteiger charge is -2.14. The molecule has 0 aliphatic carbocycles. The zero-order valence-corrected chi connectivity index (χ0v) is 17.9. The van der Waals surface area contributed by atoms with Crippen molar-refractivity contribution >= 4 is 22.5 Å². The summed E-state index contributed by atoms with van der Waals surface area (Å²) in [6.07, 6.45) is 5.24. The van der Waals surface area contributed by atoms with Crippen LogP contribution in [0.1, 0.15) is 50.6 Å². The Balaban J connectivity index is 1.34. The number of nitrogens with one attached hydrogen (secondary N) is 1. The maximum Gasteiger partial charge on any atom is 0.291 e. The van der Waals surface area contributed by atoms with E-state index in [1.165, 1.54) is 30.6 Å². The third-order valence-corrected chi connectivity index (χ3v) is 5.82. The van der Waals surface area contributed by atoms with Crippen molar-refractivity contribution in [3.05, 3.63) is 34.1 Å². The fourth-order valence-electron chi connectivity index (χ4n) is 4.31. The number of aryl methyl sites for hydroxylation is 3. The molecule has 0 saturated carbocycles. The van der Waals surface area contributed by atoms with Crippen LogP contribution in [0.4, 0.5) is 0 Å². The average molecular weight is 414 g/mol. The Bertz CT molecular complexity index is 1090. The molecule has 4 rings (SSSR count). The third-order valence-electron chi connectivity index (χ3n) is 5.82.